The third-order valence-corrected chi connectivity index (χ3v) is 3.53. The highest BCUT2D eigenvalue weighted by Gasteiger charge is 2.23. The van der Waals surface area contributed by atoms with Crippen molar-refractivity contribution in [1.82, 2.24) is 0 Å². The molecule has 1 aliphatic heterocycles. The maximum Gasteiger partial charge on any atom is 0.344 e. The van der Waals surface area contributed by atoms with Gasteiger partial charge in [-0.25, -0.2) is 0 Å². The van der Waals surface area contributed by atoms with Gasteiger partial charge in [-0.2, -0.15) is 8.42 Å². The van der Waals surface area contributed by atoms with Crippen LogP contribution >= 0.6 is 0 Å². The molecule has 0 radical (unpaired) electrons. The first kappa shape index (κ1) is 10.8. The highest BCUT2D eigenvalue weighted by Crippen LogP contribution is 2.32. The summed E-state index contributed by atoms with van der Waals surface area (Å²) in [5.74, 6) is -0.0273. The molecule has 3 rings (SSSR count). The van der Waals surface area contributed by atoms with Crippen molar-refractivity contribution < 1.29 is 12.8 Å². The van der Waals surface area contributed by atoms with Gasteiger partial charge in [-0.1, -0.05) is 12.1 Å². The van der Waals surface area contributed by atoms with Crippen molar-refractivity contribution in [2.75, 3.05) is 4.72 Å². The highest BCUT2D eigenvalue weighted by molar-refractivity contribution is 7.91. The normalized spacial score (nSPS) is 16.6. The molecule has 2 aromatic rings. The van der Waals surface area contributed by atoms with Crippen molar-refractivity contribution >= 4 is 21.7 Å². The number of anilines is 1. The fraction of sp³-hybridized carbons (Fsp3) is 0. The van der Waals surface area contributed by atoms with Crippen LogP contribution in [0, 0.1) is 0 Å². The molecule has 1 aromatic carbocycles. The van der Waals surface area contributed by atoms with Gasteiger partial charge in [0.1, 0.15) is 5.84 Å². The van der Waals surface area contributed by atoms with E-state index in [9.17, 15) is 8.42 Å². The van der Waals surface area contributed by atoms with Crippen LogP contribution in [0.15, 0.2) is 45.6 Å². The Morgan fingerprint density at radius 3 is 2.83 bits per heavy atom. The lowest BCUT2D eigenvalue weighted by Crippen LogP contribution is -2.26. The number of furan rings is 1. The average Bonchev–Trinajstić information content (AvgIpc) is 2.79. The van der Waals surface area contributed by atoms with Crippen molar-refractivity contribution in [3.8, 4) is 11.1 Å². The lowest BCUT2D eigenvalue weighted by molar-refractivity contribution is 0.568. The van der Waals surface area contributed by atoms with E-state index in [1.165, 1.54) is 6.26 Å². The summed E-state index contributed by atoms with van der Waals surface area (Å²) in [6, 6.07) is 6.97. The van der Waals surface area contributed by atoms with Crippen molar-refractivity contribution in [3.63, 3.8) is 0 Å². The second-order valence-corrected chi connectivity index (χ2v) is 5.13. The van der Waals surface area contributed by atoms with Gasteiger partial charge in [0.25, 0.3) is 0 Å². The molecular weight excluding hydrogens is 254 g/mol. The summed E-state index contributed by atoms with van der Waals surface area (Å²) in [5, 5.41) is 0. The Labute approximate surface area is 103 Å². The number of hydrogen-bond donors (Lipinski definition) is 2. The Bertz CT molecular complexity index is 733. The summed E-state index contributed by atoms with van der Waals surface area (Å²) in [6.45, 7) is 0. The Morgan fingerprint density at radius 1 is 1.28 bits per heavy atom. The zero-order chi connectivity index (χ0) is 12.8. The number of benzene rings is 1. The van der Waals surface area contributed by atoms with Gasteiger partial charge >= 0.3 is 10.2 Å². The number of nitrogens with two attached hydrogens (primary N) is 1. The van der Waals surface area contributed by atoms with Gasteiger partial charge in [0.2, 0.25) is 0 Å². The van der Waals surface area contributed by atoms with Gasteiger partial charge in [0.05, 0.1) is 18.2 Å². The van der Waals surface area contributed by atoms with Crippen LogP contribution in [-0.2, 0) is 10.2 Å². The van der Waals surface area contributed by atoms with Crippen molar-refractivity contribution in [1.29, 1.82) is 0 Å². The van der Waals surface area contributed by atoms with E-state index in [4.69, 9.17) is 10.2 Å². The van der Waals surface area contributed by atoms with E-state index < -0.39 is 10.2 Å². The topological polar surface area (TPSA) is 97.7 Å². The second-order valence-electron chi connectivity index (χ2n) is 3.79. The molecule has 7 heteroatoms. The molecule has 3 N–H and O–H groups in total. The summed E-state index contributed by atoms with van der Waals surface area (Å²) >= 11 is 0. The van der Waals surface area contributed by atoms with Crippen LogP contribution in [0.3, 0.4) is 0 Å². The van der Waals surface area contributed by atoms with E-state index in [-0.39, 0.29) is 5.84 Å². The summed E-state index contributed by atoms with van der Waals surface area (Å²) < 4.78 is 33.7. The number of nitrogens with one attached hydrogen (secondary N) is 1. The molecule has 92 valence electrons. The molecule has 0 spiro atoms. The van der Waals surface area contributed by atoms with Crippen LogP contribution in [0.4, 0.5) is 5.69 Å². The fourth-order valence-corrected chi connectivity index (χ4v) is 2.75. The minimum Gasteiger partial charge on any atom is -0.472 e. The van der Waals surface area contributed by atoms with Crippen molar-refractivity contribution in [2.45, 2.75) is 0 Å². The minimum absolute atomic E-state index is 0.0273. The molecule has 18 heavy (non-hydrogen) atoms. The molecule has 0 saturated carbocycles. The number of fused-ring (bicyclic) bond motifs is 1. The molecule has 0 amide bonds. The quantitative estimate of drug-likeness (QED) is 0.810. The van der Waals surface area contributed by atoms with Crippen LogP contribution in [0.25, 0.3) is 11.1 Å². The van der Waals surface area contributed by atoms with E-state index in [2.05, 4.69) is 9.12 Å². The molecular formula is C11H9N3O3S. The van der Waals surface area contributed by atoms with Crippen LogP contribution in [0.5, 0.6) is 0 Å². The molecule has 0 aliphatic carbocycles. The number of amidine groups is 1. The van der Waals surface area contributed by atoms with Gasteiger partial charge in [-0.05, 0) is 17.7 Å². The molecule has 0 unspecified atom stereocenters. The molecule has 0 bridgehead atoms. The molecule has 0 saturated heterocycles. The standard InChI is InChI=1S/C11H9N3O3S/c12-11-10-8(7-4-5-17-6-7)2-1-3-9(10)13-18(15,16)14-11/h1-6,13H,(H2,12,14). The van der Waals surface area contributed by atoms with E-state index in [0.717, 1.165) is 11.1 Å². The number of nitrogens with zero attached hydrogens (tertiary/aromatic N) is 1. The van der Waals surface area contributed by atoms with Crippen LogP contribution in [-0.4, -0.2) is 14.3 Å². The Hall–Kier alpha value is -2.28. The lowest BCUT2D eigenvalue weighted by Gasteiger charge is -2.18. The summed E-state index contributed by atoms with van der Waals surface area (Å²) in [6.07, 6.45) is 3.10. The molecule has 6 nitrogen and oxygen atoms in total. The maximum atomic E-state index is 11.4. The zero-order valence-electron chi connectivity index (χ0n) is 9.12. The second kappa shape index (κ2) is 3.61. The van der Waals surface area contributed by atoms with E-state index in [1.54, 1.807) is 24.5 Å². The summed E-state index contributed by atoms with van der Waals surface area (Å²) in [4.78, 5) is 0. The van der Waals surface area contributed by atoms with Crippen LogP contribution in [0.1, 0.15) is 5.56 Å². The van der Waals surface area contributed by atoms with E-state index in [1.807, 2.05) is 6.07 Å². The van der Waals surface area contributed by atoms with Crippen LogP contribution < -0.4 is 10.5 Å². The molecule has 0 atom stereocenters. The number of rotatable bonds is 1. The average molecular weight is 263 g/mol. The summed E-state index contributed by atoms with van der Waals surface area (Å²) in [7, 11) is -3.74. The first-order valence-corrected chi connectivity index (χ1v) is 6.55. The van der Waals surface area contributed by atoms with Gasteiger partial charge in [-0.3, -0.25) is 4.72 Å². The van der Waals surface area contributed by atoms with Gasteiger partial charge in [0, 0.05) is 11.1 Å². The Kier molecular flexibility index (Phi) is 2.17. The first-order chi connectivity index (χ1) is 8.57. The molecule has 0 fully saturated rings. The van der Waals surface area contributed by atoms with E-state index in [0.29, 0.717) is 11.3 Å². The molecule has 1 aromatic heterocycles. The Balaban J connectivity index is 2.28. The van der Waals surface area contributed by atoms with Crippen molar-refractivity contribution in [2.24, 2.45) is 10.1 Å². The number of hydrogen-bond acceptors (Lipinski definition) is 4. The minimum atomic E-state index is -3.74. The Morgan fingerprint density at radius 2 is 2.11 bits per heavy atom. The molecule has 2 heterocycles. The summed E-state index contributed by atoms with van der Waals surface area (Å²) in [5.41, 5.74) is 8.29. The third kappa shape index (κ3) is 1.65. The lowest BCUT2D eigenvalue weighted by atomic mass is 10.00. The van der Waals surface area contributed by atoms with E-state index >= 15 is 0 Å². The fourth-order valence-electron chi connectivity index (χ4n) is 1.91. The zero-order valence-corrected chi connectivity index (χ0v) is 9.94. The van der Waals surface area contributed by atoms with Crippen molar-refractivity contribution in [3.05, 3.63) is 42.4 Å². The first-order valence-electron chi connectivity index (χ1n) is 5.11. The monoisotopic (exact) mass is 263 g/mol. The third-order valence-electron chi connectivity index (χ3n) is 2.61. The van der Waals surface area contributed by atoms with Gasteiger partial charge in [-0.15, -0.1) is 4.40 Å². The highest BCUT2D eigenvalue weighted by atomic mass is 32.2. The van der Waals surface area contributed by atoms with Gasteiger partial charge < -0.3 is 10.2 Å². The maximum absolute atomic E-state index is 11.4. The smallest absolute Gasteiger partial charge is 0.344 e. The van der Waals surface area contributed by atoms with Crippen LogP contribution in [0.2, 0.25) is 0 Å². The van der Waals surface area contributed by atoms with Gasteiger partial charge in [0.15, 0.2) is 0 Å². The molecule has 1 aliphatic rings. The predicted octanol–water partition coefficient (Wildman–Crippen LogP) is 1.32. The largest absolute Gasteiger partial charge is 0.472 e. The SMILES string of the molecule is NC1=NS(=O)(=O)Nc2cccc(-c3ccoc3)c21. The predicted molar refractivity (Wildman–Crippen MR) is 67.4 cm³/mol.